The first-order valence-electron chi connectivity index (χ1n) is 5.90. The van der Waals surface area contributed by atoms with Crippen LogP contribution in [0.3, 0.4) is 0 Å². The van der Waals surface area contributed by atoms with Gasteiger partial charge in [0, 0.05) is 6.54 Å². The third kappa shape index (κ3) is 7.30. The van der Waals surface area contributed by atoms with Crippen LogP contribution in [0, 0.1) is 0 Å². The molecule has 4 N–H and O–H groups in total. The zero-order valence-corrected chi connectivity index (χ0v) is 11.2. The summed E-state index contributed by atoms with van der Waals surface area (Å²) in [5.74, 6) is -0.593. The number of primary amides is 1. The van der Waals surface area contributed by atoms with Crippen LogP contribution in [0.25, 0.3) is 0 Å². The summed E-state index contributed by atoms with van der Waals surface area (Å²) in [6.45, 7) is 2.55. The average Bonchev–Trinajstić information content (AvgIpc) is 2.23. The number of sulfonamides is 1. The Morgan fingerprint density at radius 3 is 2.35 bits per heavy atom. The van der Waals surface area contributed by atoms with Gasteiger partial charge in [0.2, 0.25) is 15.9 Å². The van der Waals surface area contributed by atoms with Crippen molar-refractivity contribution in [2.45, 2.75) is 32.6 Å². The molecule has 0 aliphatic rings. The number of nitrogens with two attached hydrogens (primary N) is 2. The molecule has 0 radical (unpaired) electrons. The number of carbonyl (C=O) groups excluding carboxylic acids is 1. The zero-order valence-electron chi connectivity index (χ0n) is 10.4. The largest absolute Gasteiger partial charge is 0.369 e. The van der Waals surface area contributed by atoms with E-state index in [-0.39, 0.29) is 12.3 Å². The molecule has 0 saturated carbocycles. The average molecular weight is 265 g/mol. The van der Waals surface area contributed by atoms with E-state index < -0.39 is 15.9 Å². The van der Waals surface area contributed by atoms with Gasteiger partial charge in [-0.05, 0) is 25.8 Å². The Hall–Kier alpha value is -0.660. The summed E-state index contributed by atoms with van der Waals surface area (Å²) in [5, 5.41) is 0. The molecule has 0 spiro atoms. The third-order valence-electron chi connectivity index (χ3n) is 2.34. The Morgan fingerprint density at radius 2 is 1.88 bits per heavy atom. The van der Waals surface area contributed by atoms with Crippen molar-refractivity contribution in [2.24, 2.45) is 11.5 Å². The minimum atomic E-state index is -3.38. The van der Waals surface area contributed by atoms with Crippen LogP contribution in [-0.4, -0.2) is 44.0 Å². The Balaban J connectivity index is 4.46. The topological polar surface area (TPSA) is 106 Å². The third-order valence-corrected chi connectivity index (χ3v) is 4.25. The highest BCUT2D eigenvalue weighted by molar-refractivity contribution is 7.89. The highest BCUT2D eigenvalue weighted by Gasteiger charge is 2.22. The fourth-order valence-electron chi connectivity index (χ4n) is 1.38. The molecule has 0 unspecified atom stereocenters. The van der Waals surface area contributed by atoms with Gasteiger partial charge in [0.1, 0.15) is 0 Å². The van der Waals surface area contributed by atoms with E-state index in [9.17, 15) is 13.2 Å². The van der Waals surface area contributed by atoms with Crippen molar-refractivity contribution in [3.63, 3.8) is 0 Å². The van der Waals surface area contributed by atoms with Crippen LogP contribution in [0.1, 0.15) is 32.6 Å². The van der Waals surface area contributed by atoms with Crippen molar-refractivity contribution in [1.82, 2.24) is 4.31 Å². The van der Waals surface area contributed by atoms with Gasteiger partial charge in [-0.25, -0.2) is 8.42 Å². The Bertz CT molecular complexity index is 317. The van der Waals surface area contributed by atoms with Gasteiger partial charge < -0.3 is 11.5 Å². The predicted octanol–water partition coefficient (Wildman–Crippen LogP) is -0.357. The summed E-state index contributed by atoms with van der Waals surface area (Å²) in [6, 6.07) is 0. The summed E-state index contributed by atoms with van der Waals surface area (Å²) in [6.07, 6.45) is 2.77. The van der Waals surface area contributed by atoms with Gasteiger partial charge >= 0.3 is 0 Å². The van der Waals surface area contributed by atoms with Crippen molar-refractivity contribution in [1.29, 1.82) is 0 Å². The Labute approximate surface area is 103 Å². The maximum absolute atomic E-state index is 11.9. The summed E-state index contributed by atoms with van der Waals surface area (Å²) in [5.41, 5.74) is 10.4. The first kappa shape index (κ1) is 16.3. The lowest BCUT2D eigenvalue weighted by Gasteiger charge is -2.20. The van der Waals surface area contributed by atoms with Crippen LogP contribution < -0.4 is 11.5 Å². The Morgan fingerprint density at radius 1 is 1.24 bits per heavy atom. The Kier molecular flexibility index (Phi) is 8.11. The van der Waals surface area contributed by atoms with E-state index in [1.165, 1.54) is 4.31 Å². The molecule has 102 valence electrons. The number of hydrogen-bond donors (Lipinski definition) is 2. The molecule has 0 saturated heterocycles. The molecule has 1 amide bonds. The van der Waals surface area contributed by atoms with Gasteiger partial charge in [-0.15, -0.1) is 0 Å². The smallest absolute Gasteiger partial charge is 0.232 e. The summed E-state index contributed by atoms with van der Waals surface area (Å²) in [4.78, 5) is 10.8. The molecule has 0 heterocycles. The molecule has 0 aromatic carbocycles. The molecule has 0 bridgehead atoms. The van der Waals surface area contributed by atoms with Gasteiger partial charge in [0.05, 0.1) is 12.3 Å². The molecule has 0 aliphatic heterocycles. The molecular weight excluding hydrogens is 242 g/mol. The first-order valence-corrected chi connectivity index (χ1v) is 7.51. The second-order valence-electron chi connectivity index (χ2n) is 3.97. The number of nitrogens with zero attached hydrogens (tertiary/aromatic N) is 1. The van der Waals surface area contributed by atoms with Crippen LogP contribution in [0.4, 0.5) is 0 Å². The first-order chi connectivity index (χ1) is 7.94. The second-order valence-corrected chi connectivity index (χ2v) is 6.05. The van der Waals surface area contributed by atoms with E-state index in [2.05, 4.69) is 0 Å². The van der Waals surface area contributed by atoms with Crippen molar-refractivity contribution in [2.75, 3.05) is 25.4 Å². The maximum atomic E-state index is 11.9. The van der Waals surface area contributed by atoms with Gasteiger partial charge in [0.25, 0.3) is 0 Å². The van der Waals surface area contributed by atoms with Crippen LogP contribution in [0.15, 0.2) is 0 Å². The molecule has 0 rings (SSSR count). The van der Waals surface area contributed by atoms with Crippen LogP contribution >= 0.6 is 0 Å². The molecule has 0 atom stereocenters. The van der Waals surface area contributed by atoms with Crippen LogP contribution in [0.5, 0.6) is 0 Å². The van der Waals surface area contributed by atoms with E-state index in [0.29, 0.717) is 25.9 Å². The van der Waals surface area contributed by atoms with Gasteiger partial charge in [-0.2, -0.15) is 4.31 Å². The minimum Gasteiger partial charge on any atom is -0.369 e. The van der Waals surface area contributed by atoms with Crippen LogP contribution in [0.2, 0.25) is 0 Å². The normalized spacial score (nSPS) is 11.9. The van der Waals surface area contributed by atoms with Crippen LogP contribution in [-0.2, 0) is 14.8 Å². The lowest BCUT2D eigenvalue weighted by Crippen LogP contribution is -2.40. The molecule has 0 aromatic rings. The molecule has 17 heavy (non-hydrogen) atoms. The quantitative estimate of drug-likeness (QED) is 0.526. The van der Waals surface area contributed by atoms with Gasteiger partial charge in [0.15, 0.2) is 0 Å². The second kappa shape index (κ2) is 8.43. The number of amides is 1. The molecule has 7 heteroatoms. The number of unbranched alkanes of at least 4 members (excludes halogenated alkanes) is 2. The fraction of sp³-hybridized carbons (Fsp3) is 0.900. The molecule has 0 fully saturated rings. The zero-order chi connectivity index (χ0) is 13.3. The van der Waals surface area contributed by atoms with Gasteiger partial charge in [-0.1, -0.05) is 13.3 Å². The van der Waals surface area contributed by atoms with Gasteiger partial charge in [-0.3, -0.25) is 4.79 Å². The van der Waals surface area contributed by atoms with E-state index in [1.807, 2.05) is 6.92 Å². The number of carbonyl (C=O) groups is 1. The minimum absolute atomic E-state index is 0.0290. The van der Waals surface area contributed by atoms with E-state index in [0.717, 1.165) is 12.8 Å². The van der Waals surface area contributed by atoms with E-state index in [1.54, 1.807) is 0 Å². The predicted molar refractivity (Wildman–Crippen MR) is 67.8 cm³/mol. The summed E-state index contributed by atoms with van der Waals surface area (Å²) >= 11 is 0. The van der Waals surface area contributed by atoms with Crippen molar-refractivity contribution in [3.05, 3.63) is 0 Å². The number of rotatable bonds is 10. The van der Waals surface area contributed by atoms with Crippen molar-refractivity contribution < 1.29 is 13.2 Å². The van der Waals surface area contributed by atoms with Crippen molar-refractivity contribution in [3.8, 4) is 0 Å². The maximum Gasteiger partial charge on any atom is 0.232 e. The molecular formula is C10H23N3O3S. The molecule has 0 aromatic heterocycles. The monoisotopic (exact) mass is 265 g/mol. The standard InChI is InChI=1S/C10H23N3O3S/c1-2-3-7-13(9-10(12)14)17(15,16)8-5-4-6-11/h2-9,11H2,1H3,(H2,12,14). The summed E-state index contributed by atoms with van der Waals surface area (Å²) < 4.78 is 25.0. The molecule has 6 nitrogen and oxygen atoms in total. The lowest BCUT2D eigenvalue weighted by molar-refractivity contribution is -0.118. The van der Waals surface area contributed by atoms with E-state index in [4.69, 9.17) is 11.5 Å². The SMILES string of the molecule is CCCCN(CC(N)=O)S(=O)(=O)CCCCN. The van der Waals surface area contributed by atoms with E-state index >= 15 is 0 Å². The summed E-state index contributed by atoms with van der Waals surface area (Å²) in [7, 11) is -3.38. The number of hydrogen-bond acceptors (Lipinski definition) is 4. The highest BCUT2D eigenvalue weighted by Crippen LogP contribution is 2.06. The fourth-order valence-corrected chi connectivity index (χ4v) is 2.94. The highest BCUT2D eigenvalue weighted by atomic mass is 32.2. The molecule has 0 aliphatic carbocycles. The van der Waals surface area contributed by atoms with Crippen molar-refractivity contribution >= 4 is 15.9 Å². The lowest BCUT2D eigenvalue weighted by atomic mass is 10.3.